The van der Waals surface area contributed by atoms with Crippen molar-refractivity contribution in [2.75, 3.05) is 24.7 Å². The molecule has 1 aromatic carbocycles. The van der Waals surface area contributed by atoms with Crippen LogP contribution in [-0.4, -0.2) is 46.1 Å². The van der Waals surface area contributed by atoms with Crippen molar-refractivity contribution in [3.63, 3.8) is 0 Å². The highest BCUT2D eigenvalue weighted by atomic mass is 19.1. The Labute approximate surface area is 216 Å². The molecule has 0 unspecified atom stereocenters. The molecule has 190 valence electrons. The summed E-state index contributed by atoms with van der Waals surface area (Å²) < 4.78 is 42.6. The second kappa shape index (κ2) is 8.75. The maximum atomic E-state index is 14.9. The van der Waals surface area contributed by atoms with Crippen LogP contribution in [-0.2, 0) is 10.2 Å². The zero-order chi connectivity index (χ0) is 28.2. The van der Waals surface area contributed by atoms with Gasteiger partial charge in [-0.3, -0.25) is 9.59 Å². The largest absolute Gasteiger partial charge is 0.494 e. The van der Waals surface area contributed by atoms with Gasteiger partial charge in [0.1, 0.15) is 5.82 Å². The lowest BCUT2D eigenvalue weighted by molar-refractivity contribution is -0.117. The second-order valence-corrected chi connectivity index (χ2v) is 9.92. The van der Waals surface area contributed by atoms with Crippen LogP contribution in [0, 0.1) is 17.7 Å². The third-order valence-corrected chi connectivity index (χ3v) is 7.39. The van der Waals surface area contributed by atoms with Gasteiger partial charge in [-0.1, -0.05) is 0 Å². The molecule has 37 heavy (non-hydrogen) atoms. The Morgan fingerprint density at radius 1 is 1.11 bits per heavy atom. The van der Waals surface area contributed by atoms with E-state index in [0.717, 1.165) is 49.7 Å². The highest BCUT2D eigenvalue weighted by molar-refractivity contribution is 6.00. The molecule has 4 aliphatic rings. The summed E-state index contributed by atoms with van der Waals surface area (Å²) in [7, 11) is 1.40. The third kappa shape index (κ3) is 4.13. The number of carbonyl (C=O) groups excluding carboxylic acids is 2. The lowest BCUT2D eigenvalue weighted by Crippen LogP contribution is -2.55. The van der Waals surface area contributed by atoms with E-state index in [1.54, 1.807) is 12.4 Å². The number of halogens is 1. The Bertz CT molecular complexity index is 1500. The number of nitrogens with one attached hydrogen (secondary N) is 3. The molecular weight excluding hydrogens is 477 g/mol. The molecule has 11 heteroatoms. The standard InChI is InChI=1S/C26H26FN7O3/c1-28-25(36)21-18(7-20(33-34-21)32-24(35)14-3-4-14)31-19-6-16(27)5-17(22(19)37-2)23-29-11-15(12-30-23)26-8-13(9-26)10-26/h5-7,11-14H,3-4,8-10H2,1-2H3,(H,28,36)(H2,31,32,33,35)/i1D3. The van der Waals surface area contributed by atoms with E-state index in [4.69, 9.17) is 8.85 Å². The van der Waals surface area contributed by atoms with Crippen LogP contribution in [0.2, 0.25) is 0 Å². The first-order valence-corrected chi connectivity index (χ1v) is 12.0. The fourth-order valence-electron chi connectivity index (χ4n) is 5.14. The molecule has 3 N–H and O–H groups in total. The van der Waals surface area contributed by atoms with Gasteiger partial charge in [0.15, 0.2) is 23.1 Å². The van der Waals surface area contributed by atoms with Crippen molar-refractivity contribution in [1.29, 1.82) is 0 Å². The monoisotopic (exact) mass is 506 g/mol. The molecule has 0 saturated heterocycles. The van der Waals surface area contributed by atoms with Crippen LogP contribution in [0.3, 0.4) is 0 Å². The number of aromatic nitrogens is 4. The second-order valence-electron chi connectivity index (χ2n) is 9.92. The summed E-state index contributed by atoms with van der Waals surface area (Å²) in [5, 5.41) is 15.1. The van der Waals surface area contributed by atoms with E-state index in [2.05, 4.69) is 30.8 Å². The Kier molecular flexibility index (Phi) is 4.72. The van der Waals surface area contributed by atoms with Crippen LogP contribution < -0.4 is 20.7 Å². The molecule has 2 amide bonds. The lowest BCUT2D eigenvalue weighted by atomic mass is 9.42. The fourth-order valence-corrected chi connectivity index (χ4v) is 5.14. The smallest absolute Gasteiger partial charge is 0.273 e. The van der Waals surface area contributed by atoms with Crippen molar-refractivity contribution >= 4 is 29.0 Å². The van der Waals surface area contributed by atoms with E-state index in [9.17, 15) is 14.0 Å². The van der Waals surface area contributed by atoms with Gasteiger partial charge in [0.25, 0.3) is 5.91 Å². The zero-order valence-corrected chi connectivity index (χ0v) is 20.0. The molecule has 0 radical (unpaired) electrons. The minimum atomic E-state index is -2.79. The zero-order valence-electron chi connectivity index (χ0n) is 23.0. The number of hydrogen-bond donors (Lipinski definition) is 3. The average molecular weight is 507 g/mol. The van der Waals surface area contributed by atoms with Crippen LogP contribution in [0.5, 0.6) is 5.75 Å². The van der Waals surface area contributed by atoms with E-state index in [1.807, 2.05) is 5.32 Å². The molecular formula is C26H26FN7O3. The van der Waals surface area contributed by atoms with Crippen LogP contribution >= 0.6 is 0 Å². The van der Waals surface area contributed by atoms with Crippen LogP contribution in [0.25, 0.3) is 11.4 Å². The number of amides is 2. The number of nitrogens with zero attached hydrogens (tertiary/aromatic N) is 4. The molecule has 2 heterocycles. The van der Waals surface area contributed by atoms with Crippen LogP contribution in [0.4, 0.5) is 21.6 Å². The summed E-state index contributed by atoms with van der Waals surface area (Å²) in [5.41, 5.74) is 1.20. The number of carbonyl (C=O) groups is 2. The molecule has 0 aliphatic heterocycles. The first-order valence-electron chi connectivity index (χ1n) is 13.5. The molecule has 4 aliphatic carbocycles. The molecule has 3 aromatic rings. The van der Waals surface area contributed by atoms with E-state index in [1.165, 1.54) is 19.2 Å². The molecule has 2 bridgehead atoms. The van der Waals surface area contributed by atoms with Crippen molar-refractivity contribution in [2.45, 2.75) is 37.5 Å². The van der Waals surface area contributed by atoms with E-state index in [0.29, 0.717) is 0 Å². The minimum absolute atomic E-state index is 0.0300. The Morgan fingerprint density at radius 3 is 2.49 bits per heavy atom. The molecule has 2 aromatic heterocycles. The topological polar surface area (TPSA) is 131 Å². The van der Waals surface area contributed by atoms with Crippen molar-refractivity contribution in [1.82, 2.24) is 25.5 Å². The number of ether oxygens (including phenoxy) is 1. The number of benzene rings is 1. The van der Waals surface area contributed by atoms with Crippen LogP contribution in [0.1, 0.15) is 52.3 Å². The van der Waals surface area contributed by atoms with E-state index >= 15 is 0 Å². The molecule has 7 rings (SSSR count). The van der Waals surface area contributed by atoms with Crippen molar-refractivity contribution in [2.24, 2.45) is 11.8 Å². The Hall–Kier alpha value is -4.15. The van der Waals surface area contributed by atoms with Gasteiger partial charge in [-0.25, -0.2) is 14.4 Å². The van der Waals surface area contributed by atoms with Gasteiger partial charge in [0.2, 0.25) is 5.91 Å². The van der Waals surface area contributed by atoms with E-state index < -0.39 is 18.7 Å². The molecule has 10 nitrogen and oxygen atoms in total. The summed E-state index contributed by atoms with van der Waals surface area (Å²) >= 11 is 0. The maximum absolute atomic E-state index is 14.9. The van der Waals surface area contributed by atoms with E-state index in [-0.39, 0.29) is 57.3 Å². The molecule has 0 spiro atoms. The van der Waals surface area contributed by atoms with Crippen molar-refractivity contribution < 1.29 is 22.8 Å². The predicted octanol–water partition coefficient (Wildman–Crippen LogP) is 3.58. The number of anilines is 3. The Morgan fingerprint density at radius 2 is 1.86 bits per heavy atom. The normalized spacial score (nSPS) is 22.9. The SMILES string of the molecule is [2H]C([2H])([2H])NC(=O)c1nnc(NC(=O)C2CC2)cc1Nc1cc(F)cc(-c2ncc(C34CC(C3)C4)cn2)c1OC. The highest BCUT2D eigenvalue weighted by Crippen LogP contribution is 2.64. The number of rotatable bonds is 8. The van der Waals surface area contributed by atoms with Gasteiger partial charge >= 0.3 is 0 Å². The predicted molar refractivity (Wildman–Crippen MR) is 133 cm³/mol. The Balaban J connectivity index is 1.35. The number of hydrogen-bond acceptors (Lipinski definition) is 8. The number of methoxy groups -OCH3 is 1. The maximum Gasteiger partial charge on any atom is 0.273 e. The van der Waals surface area contributed by atoms with Gasteiger partial charge in [-0.15, -0.1) is 10.2 Å². The molecule has 0 atom stereocenters. The van der Waals surface area contributed by atoms with Crippen molar-refractivity contribution in [3.05, 3.63) is 47.7 Å². The van der Waals surface area contributed by atoms with Gasteiger partial charge in [0, 0.05) is 41.5 Å². The quantitative estimate of drug-likeness (QED) is 0.423. The lowest BCUT2D eigenvalue weighted by Gasteiger charge is -2.62. The van der Waals surface area contributed by atoms with Crippen molar-refractivity contribution in [3.8, 4) is 17.1 Å². The average Bonchev–Trinajstić information content (AvgIpc) is 3.67. The van der Waals surface area contributed by atoms with Gasteiger partial charge in [-0.2, -0.15) is 0 Å². The van der Waals surface area contributed by atoms with Gasteiger partial charge < -0.3 is 20.7 Å². The summed E-state index contributed by atoms with van der Waals surface area (Å²) in [6.07, 6.45) is 8.51. The first-order chi connectivity index (χ1) is 19.0. The highest BCUT2D eigenvalue weighted by Gasteiger charge is 2.57. The minimum Gasteiger partial charge on any atom is -0.494 e. The summed E-state index contributed by atoms with van der Waals surface area (Å²) in [6.45, 7) is -2.79. The van der Waals surface area contributed by atoms with Gasteiger partial charge in [0.05, 0.1) is 24.0 Å². The fraction of sp³-hybridized carbons (Fsp3) is 0.385. The summed E-state index contributed by atoms with van der Waals surface area (Å²) in [4.78, 5) is 34.0. The third-order valence-electron chi connectivity index (χ3n) is 7.39. The summed E-state index contributed by atoms with van der Waals surface area (Å²) in [5.74, 6) is -0.779. The molecule has 4 fully saturated rings. The summed E-state index contributed by atoms with van der Waals surface area (Å²) in [6, 6.07) is 3.71. The first kappa shape index (κ1) is 20.0. The molecule has 4 saturated carbocycles. The van der Waals surface area contributed by atoms with Crippen LogP contribution in [0.15, 0.2) is 30.6 Å². The van der Waals surface area contributed by atoms with Gasteiger partial charge in [-0.05, 0) is 55.1 Å².